The average molecular weight is 1110 g/mol. The summed E-state index contributed by atoms with van der Waals surface area (Å²) in [5.41, 5.74) is 0. The van der Waals surface area contributed by atoms with Crippen LogP contribution < -0.4 is 0 Å². The van der Waals surface area contributed by atoms with Crippen molar-refractivity contribution in [3.8, 4) is 0 Å². The predicted molar refractivity (Wildman–Crippen MR) is 344 cm³/mol. The molecular formula is C73H138O6. The first kappa shape index (κ1) is 76.9. The van der Waals surface area contributed by atoms with Gasteiger partial charge in [-0.05, 0) is 51.4 Å². The second-order valence-corrected chi connectivity index (χ2v) is 24.5. The van der Waals surface area contributed by atoms with Gasteiger partial charge in [0.25, 0.3) is 0 Å². The topological polar surface area (TPSA) is 78.9 Å². The third-order valence-corrected chi connectivity index (χ3v) is 16.5. The van der Waals surface area contributed by atoms with Gasteiger partial charge in [0.1, 0.15) is 13.2 Å². The van der Waals surface area contributed by atoms with Crippen molar-refractivity contribution in [3.63, 3.8) is 0 Å². The van der Waals surface area contributed by atoms with Crippen molar-refractivity contribution in [2.45, 2.75) is 412 Å². The first-order chi connectivity index (χ1) is 39.0. The maximum Gasteiger partial charge on any atom is 0.306 e. The van der Waals surface area contributed by atoms with Crippen molar-refractivity contribution in [2.24, 2.45) is 0 Å². The van der Waals surface area contributed by atoms with Gasteiger partial charge in [-0.3, -0.25) is 14.4 Å². The Morgan fingerprint density at radius 1 is 0.253 bits per heavy atom. The van der Waals surface area contributed by atoms with Crippen molar-refractivity contribution < 1.29 is 28.6 Å². The van der Waals surface area contributed by atoms with Crippen LogP contribution in [0, 0.1) is 0 Å². The van der Waals surface area contributed by atoms with Crippen LogP contribution in [-0.4, -0.2) is 37.2 Å². The normalized spacial score (nSPS) is 12.1. The van der Waals surface area contributed by atoms with E-state index in [4.69, 9.17) is 14.2 Å². The number of hydrogen-bond acceptors (Lipinski definition) is 6. The van der Waals surface area contributed by atoms with Crippen LogP contribution in [0.2, 0.25) is 0 Å². The molecule has 6 nitrogen and oxygen atoms in total. The molecule has 1 atom stereocenters. The molecule has 0 aliphatic heterocycles. The molecule has 0 amide bonds. The highest BCUT2D eigenvalue weighted by Gasteiger charge is 2.19. The Labute approximate surface area is 493 Å². The summed E-state index contributed by atoms with van der Waals surface area (Å²) >= 11 is 0. The molecule has 0 spiro atoms. The van der Waals surface area contributed by atoms with Crippen LogP contribution in [0.5, 0.6) is 0 Å². The highest BCUT2D eigenvalue weighted by Crippen LogP contribution is 2.19. The molecule has 79 heavy (non-hydrogen) atoms. The number of esters is 3. The largest absolute Gasteiger partial charge is 0.462 e. The first-order valence-electron chi connectivity index (χ1n) is 35.8. The van der Waals surface area contributed by atoms with Gasteiger partial charge in [0.05, 0.1) is 0 Å². The second-order valence-electron chi connectivity index (χ2n) is 24.5. The fraction of sp³-hybridized carbons (Fsp3) is 0.904. The van der Waals surface area contributed by atoms with Gasteiger partial charge in [-0.15, -0.1) is 0 Å². The van der Waals surface area contributed by atoms with Gasteiger partial charge >= 0.3 is 17.9 Å². The van der Waals surface area contributed by atoms with Crippen LogP contribution in [0.1, 0.15) is 406 Å². The smallest absolute Gasteiger partial charge is 0.306 e. The number of carbonyl (C=O) groups is 3. The Kier molecular flexibility index (Phi) is 66.6. The monoisotopic (exact) mass is 1110 g/mol. The van der Waals surface area contributed by atoms with Gasteiger partial charge in [0.15, 0.2) is 6.10 Å². The van der Waals surface area contributed by atoms with E-state index in [0.717, 1.165) is 64.2 Å². The summed E-state index contributed by atoms with van der Waals surface area (Å²) in [7, 11) is 0. The van der Waals surface area contributed by atoms with E-state index in [9.17, 15) is 14.4 Å². The maximum absolute atomic E-state index is 12.9. The van der Waals surface area contributed by atoms with Gasteiger partial charge in [-0.2, -0.15) is 0 Å². The van der Waals surface area contributed by atoms with Crippen molar-refractivity contribution in [3.05, 3.63) is 24.3 Å². The molecule has 1 unspecified atom stereocenters. The lowest BCUT2D eigenvalue weighted by Gasteiger charge is -2.18. The van der Waals surface area contributed by atoms with Crippen LogP contribution in [-0.2, 0) is 28.6 Å². The Morgan fingerprint density at radius 3 is 0.696 bits per heavy atom. The minimum absolute atomic E-state index is 0.0676. The first-order valence-corrected chi connectivity index (χ1v) is 35.8. The van der Waals surface area contributed by atoms with Gasteiger partial charge in [0, 0.05) is 19.3 Å². The lowest BCUT2D eigenvalue weighted by atomic mass is 10.0. The average Bonchev–Trinajstić information content (AvgIpc) is 3.45. The molecule has 0 aromatic rings. The molecule has 466 valence electrons. The van der Waals surface area contributed by atoms with E-state index in [1.807, 2.05) is 0 Å². The van der Waals surface area contributed by atoms with E-state index in [1.54, 1.807) is 0 Å². The summed E-state index contributed by atoms with van der Waals surface area (Å²) in [5, 5.41) is 0. The quantitative estimate of drug-likeness (QED) is 0.0261. The van der Waals surface area contributed by atoms with E-state index in [0.29, 0.717) is 19.3 Å². The van der Waals surface area contributed by atoms with Crippen LogP contribution in [0.3, 0.4) is 0 Å². The molecule has 0 N–H and O–H groups in total. The Balaban J connectivity index is 3.96. The molecular weight excluding hydrogens is 973 g/mol. The molecule has 6 heteroatoms. The molecule has 0 fully saturated rings. The molecule has 0 saturated heterocycles. The zero-order chi connectivity index (χ0) is 57.1. The molecule has 0 aliphatic rings. The molecule has 0 aromatic heterocycles. The minimum Gasteiger partial charge on any atom is -0.462 e. The molecule has 0 bridgehead atoms. The fourth-order valence-corrected chi connectivity index (χ4v) is 11.1. The van der Waals surface area contributed by atoms with Crippen LogP contribution in [0.15, 0.2) is 24.3 Å². The molecule has 0 radical (unpaired) electrons. The Morgan fingerprint density at radius 2 is 0.456 bits per heavy atom. The van der Waals surface area contributed by atoms with E-state index in [1.165, 1.54) is 302 Å². The van der Waals surface area contributed by atoms with Crippen molar-refractivity contribution in [1.82, 2.24) is 0 Å². The number of ether oxygens (including phenoxy) is 3. The standard InChI is InChI=1S/C73H138O6/c1-4-7-10-13-16-18-20-22-24-26-28-30-31-32-33-34-35-36-37-38-39-40-41-43-44-46-48-50-52-54-57-60-63-66-72(75)78-69-70(68-77-71(74)65-62-59-56-15-12-9-6-3)79-73(76)67-64-61-58-55-53-51-49-47-45-42-29-27-25-23-21-19-17-14-11-8-5-2/h21,23,27,29,70H,4-20,22,24-26,28,30-69H2,1-3H3/b23-21-,29-27-. The lowest BCUT2D eigenvalue weighted by molar-refractivity contribution is -0.167. The van der Waals surface area contributed by atoms with Crippen molar-refractivity contribution >= 4 is 17.9 Å². The van der Waals surface area contributed by atoms with Gasteiger partial charge < -0.3 is 14.2 Å². The third-order valence-electron chi connectivity index (χ3n) is 16.5. The van der Waals surface area contributed by atoms with Gasteiger partial charge in [0.2, 0.25) is 0 Å². The zero-order valence-corrected chi connectivity index (χ0v) is 53.7. The number of rotatable bonds is 67. The van der Waals surface area contributed by atoms with Gasteiger partial charge in [-0.25, -0.2) is 0 Å². The Hall–Kier alpha value is -2.11. The zero-order valence-electron chi connectivity index (χ0n) is 53.7. The van der Waals surface area contributed by atoms with E-state index in [-0.39, 0.29) is 31.1 Å². The van der Waals surface area contributed by atoms with Crippen molar-refractivity contribution in [1.29, 1.82) is 0 Å². The summed E-state index contributed by atoms with van der Waals surface area (Å²) < 4.78 is 16.9. The van der Waals surface area contributed by atoms with E-state index >= 15 is 0 Å². The van der Waals surface area contributed by atoms with Crippen molar-refractivity contribution in [2.75, 3.05) is 13.2 Å². The van der Waals surface area contributed by atoms with Crippen LogP contribution >= 0.6 is 0 Å². The summed E-state index contributed by atoms with van der Waals surface area (Å²) in [4.78, 5) is 38.1. The predicted octanol–water partition coefficient (Wildman–Crippen LogP) is 24.6. The number of allylic oxidation sites excluding steroid dienone is 4. The third kappa shape index (κ3) is 66.6. The summed E-state index contributed by atoms with van der Waals surface area (Å²) in [5.74, 6) is -0.852. The van der Waals surface area contributed by atoms with E-state index < -0.39 is 6.10 Å². The van der Waals surface area contributed by atoms with Crippen LogP contribution in [0.25, 0.3) is 0 Å². The number of unbranched alkanes of at least 4 members (excludes halogenated alkanes) is 52. The minimum atomic E-state index is -0.769. The fourth-order valence-electron chi connectivity index (χ4n) is 11.1. The molecule has 0 saturated carbocycles. The molecule has 0 aliphatic carbocycles. The number of carbonyl (C=O) groups excluding carboxylic acids is 3. The Bertz CT molecular complexity index is 1270. The second kappa shape index (κ2) is 68.4. The van der Waals surface area contributed by atoms with Crippen LogP contribution in [0.4, 0.5) is 0 Å². The number of hydrogen-bond donors (Lipinski definition) is 0. The summed E-state index contributed by atoms with van der Waals surface area (Å²) in [6, 6.07) is 0. The molecule has 0 aromatic carbocycles. The SMILES string of the molecule is CCCCCCC/C=C\C/C=C\CCCCCCCCCCCC(=O)OC(COC(=O)CCCCCCCCC)COC(=O)CCCCCCCCCCCCCCCCCCCCCCCCCCCCCCCCCCC. The van der Waals surface area contributed by atoms with Gasteiger partial charge in [-0.1, -0.05) is 360 Å². The highest BCUT2D eigenvalue weighted by atomic mass is 16.6. The highest BCUT2D eigenvalue weighted by molar-refractivity contribution is 5.71. The summed E-state index contributed by atoms with van der Waals surface area (Å²) in [6.07, 6.45) is 84.0. The maximum atomic E-state index is 12.9. The lowest BCUT2D eigenvalue weighted by Crippen LogP contribution is -2.30. The molecule has 0 heterocycles. The molecule has 0 rings (SSSR count). The summed E-state index contributed by atoms with van der Waals surface area (Å²) in [6.45, 7) is 6.66. The van der Waals surface area contributed by atoms with E-state index in [2.05, 4.69) is 45.1 Å².